The molecule has 21 heavy (non-hydrogen) atoms. The predicted octanol–water partition coefficient (Wildman–Crippen LogP) is 4.55. The van der Waals surface area contributed by atoms with Gasteiger partial charge in [-0.1, -0.05) is 48.9 Å². The minimum atomic E-state index is -0.362. The molecule has 0 aliphatic rings. The highest BCUT2D eigenvalue weighted by molar-refractivity contribution is 6.30. The standard InChI is InChI=1S/C18H21ClFN/c1-3-21-16(12-15-7-5-4-6-13(15)2)10-14-8-9-18(20)17(19)11-14/h4-9,11,16,21H,3,10,12H2,1-2H3. The molecule has 0 aromatic heterocycles. The maximum Gasteiger partial charge on any atom is 0.141 e. The van der Waals surface area contributed by atoms with Crippen LogP contribution in [0.3, 0.4) is 0 Å². The minimum Gasteiger partial charge on any atom is -0.314 e. The van der Waals surface area contributed by atoms with Gasteiger partial charge in [-0.15, -0.1) is 0 Å². The third kappa shape index (κ3) is 4.55. The van der Waals surface area contributed by atoms with Crippen molar-refractivity contribution >= 4 is 11.6 Å². The Labute approximate surface area is 131 Å². The molecule has 2 aromatic carbocycles. The highest BCUT2D eigenvalue weighted by Crippen LogP contribution is 2.18. The Morgan fingerprint density at radius 2 is 1.90 bits per heavy atom. The van der Waals surface area contributed by atoms with Crippen molar-refractivity contribution in [3.05, 3.63) is 70.0 Å². The summed E-state index contributed by atoms with van der Waals surface area (Å²) in [5.41, 5.74) is 3.70. The Morgan fingerprint density at radius 1 is 1.14 bits per heavy atom. The van der Waals surface area contributed by atoms with Crippen LogP contribution < -0.4 is 5.32 Å². The lowest BCUT2D eigenvalue weighted by Crippen LogP contribution is -2.33. The second kappa shape index (κ2) is 7.58. The molecule has 0 fully saturated rings. The van der Waals surface area contributed by atoms with E-state index in [9.17, 15) is 4.39 Å². The smallest absolute Gasteiger partial charge is 0.141 e. The van der Waals surface area contributed by atoms with Crippen LogP contribution in [0.15, 0.2) is 42.5 Å². The van der Waals surface area contributed by atoms with E-state index in [2.05, 4.69) is 43.4 Å². The molecule has 1 N–H and O–H groups in total. The van der Waals surface area contributed by atoms with Crippen LogP contribution >= 0.6 is 11.6 Å². The number of likely N-dealkylation sites (N-methyl/N-ethyl adjacent to an activating group) is 1. The van der Waals surface area contributed by atoms with E-state index in [-0.39, 0.29) is 10.8 Å². The van der Waals surface area contributed by atoms with E-state index in [1.807, 2.05) is 6.07 Å². The quantitative estimate of drug-likeness (QED) is 0.825. The van der Waals surface area contributed by atoms with Gasteiger partial charge in [0.1, 0.15) is 5.82 Å². The summed E-state index contributed by atoms with van der Waals surface area (Å²) in [5, 5.41) is 3.70. The van der Waals surface area contributed by atoms with E-state index in [0.717, 1.165) is 24.9 Å². The summed E-state index contributed by atoms with van der Waals surface area (Å²) in [6.07, 6.45) is 1.79. The number of rotatable bonds is 6. The van der Waals surface area contributed by atoms with E-state index in [0.29, 0.717) is 6.04 Å². The Balaban J connectivity index is 2.11. The van der Waals surface area contributed by atoms with Gasteiger partial charge in [0.25, 0.3) is 0 Å². The van der Waals surface area contributed by atoms with Crippen LogP contribution in [-0.4, -0.2) is 12.6 Å². The van der Waals surface area contributed by atoms with Crippen molar-refractivity contribution in [2.24, 2.45) is 0 Å². The van der Waals surface area contributed by atoms with Gasteiger partial charge in [0.15, 0.2) is 0 Å². The summed E-state index contributed by atoms with van der Waals surface area (Å²) in [6.45, 7) is 5.14. The molecule has 2 aromatic rings. The van der Waals surface area contributed by atoms with E-state index in [4.69, 9.17) is 11.6 Å². The van der Waals surface area contributed by atoms with E-state index < -0.39 is 0 Å². The van der Waals surface area contributed by atoms with Crippen LogP contribution in [-0.2, 0) is 12.8 Å². The second-order valence-electron chi connectivity index (χ2n) is 5.34. The van der Waals surface area contributed by atoms with Crippen molar-refractivity contribution in [2.45, 2.75) is 32.7 Å². The lowest BCUT2D eigenvalue weighted by molar-refractivity contribution is 0.520. The molecular weight excluding hydrogens is 285 g/mol. The monoisotopic (exact) mass is 305 g/mol. The zero-order valence-corrected chi connectivity index (χ0v) is 13.3. The summed E-state index contributed by atoms with van der Waals surface area (Å²) < 4.78 is 13.2. The SMILES string of the molecule is CCNC(Cc1ccc(F)c(Cl)c1)Cc1ccccc1C. The number of nitrogens with one attached hydrogen (secondary N) is 1. The molecule has 0 radical (unpaired) electrons. The lowest BCUT2D eigenvalue weighted by Gasteiger charge is -2.19. The molecule has 0 spiro atoms. The van der Waals surface area contributed by atoms with Crippen LogP contribution in [0.4, 0.5) is 4.39 Å². The summed E-state index contributed by atoms with van der Waals surface area (Å²) in [5.74, 6) is -0.362. The molecule has 112 valence electrons. The first-order chi connectivity index (χ1) is 10.1. The van der Waals surface area contributed by atoms with Gasteiger partial charge in [0.05, 0.1) is 5.02 Å². The van der Waals surface area contributed by atoms with Gasteiger partial charge in [0, 0.05) is 6.04 Å². The summed E-state index contributed by atoms with van der Waals surface area (Å²) >= 11 is 5.86. The topological polar surface area (TPSA) is 12.0 Å². The van der Waals surface area contributed by atoms with Crippen LogP contribution in [0.2, 0.25) is 5.02 Å². The largest absolute Gasteiger partial charge is 0.314 e. The Morgan fingerprint density at radius 3 is 2.57 bits per heavy atom. The number of hydrogen-bond acceptors (Lipinski definition) is 1. The molecule has 3 heteroatoms. The van der Waals surface area contributed by atoms with Gasteiger partial charge in [-0.2, -0.15) is 0 Å². The average molecular weight is 306 g/mol. The van der Waals surface area contributed by atoms with Gasteiger partial charge in [-0.05, 0) is 55.1 Å². The summed E-state index contributed by atoms with van der Waals surface area (Å²) in [4.78, 5) is 0. The number of hydrogen-bond donors (Lipinski definition) is 1. The van der Waals surface area contributed by atoms with Crippen LogP contribution in [0.25, 0.3) is 0 Å². The first-order valence-corrected chi connectivity index (χ1v) is 7.69. The fourth-order valence-corrected chi connectivity index (χ4v) is 2.76. The zero-order valence-electron chi connectivity index (χ0n) is 12.5. The molecule has 0 aliphatic heterocycles. The molecule has 0 saturated carbocycles. The maximum atomic E-state index is 13.2. The maximum absolute atomic E-state index is 13.2. The number of benzene rings is 2. The number of aryl methyl sites for hydroxylation is 1. The Bertz CT molecular complexity index is 598. The average Bonchev–Trinajstić information content (AvgIpc) is 2.46. The van der Waals surface area contributed by atoms with Gasteiger partial charge in [-0.25, -0.2) is 4.39 Å². The highest BCUT2D eigenvalue weighted by Gasteiger charge is 2.12. The van der Waals surface area contributed by atoms with Crippen LogP contribution in [0.1, 0.15) is 23.6 Å². The summed E-state index contributed by atoms with van der Waals surface area (Å²) in [7, 11) is 0. The molecule has 1 nitrogen and oxygen atoms in total. The van der Waals surface area contributed by atoms with Crippen molar-refractivity contribution in [3.63, 3.8) is 0 Å². The van der Waals surface area contributed by atoms with Crippen molar-refractivity contribution in [3.8, 4) is 0 Å². The van der Waals surface area contributed by atoms with E-state index >= 15 is 0 Å². The second-order valence-corrected chi connectivity index (χ2v) is 5.74. The van der Waals surface area contributed by atoms with Crippen molar-refractivity contribution in [1.29, 1.82) is 0 Å². The van der Waals surface area contributed by atoms with Crippen molar-refractivity contribution in [1.82, 2.24) is 5.32 Å². The molecule has 0 bridgehead atoms. The lowest BCUT2D eigenvalue weighted by atomic mass is 9.96. The molecule has 0 aliphatic carbocycles. The van der Waals surface area contributed by atoms with E-state index in [1.54, 1.807) is 6.07 Å². The van der Waals surface area contributed by atoms with Gasteiger partial charge in [-0.3, -0.25) is 0 Å². The molecule has 0 heterocycles. The fraction of sp³-hybridized carbons (Fsp3) is 0.333. The van der Waals surface area contributed by atoms with Crippen molar-refractivity contribution < 1.29 is 4.39 Å². The third-order valence-electron chi connectivity index (χ3n) is 3.69. The van der Waals surface area contributed by atoms with Gasteiger partial charge >= 0.3 is 0 Å². The molecule has 0 amide bonds. The van der Waals surface area contributed by atoms with Crippen LogP contribution in [0.5, 0.6) is 0 Å². The number of halogens is 2. The zero-order chi connectivity index (χ0) is 15.2. The Hall–Kier alpha value is -1.38. The van der Waals surface area contributed by atoms with Crippen molar-refractivity contribution in [2.75, 3.05) is 6.54 Å². The normalized spacial score (nSPS) is 12.4. The highest BCUT2D eigenvalue weighted by atomic mass is 35.5. The summed E-state index contributed by atoms with van der Waals surface area (Å²) in [6, 6.07) is 13.7. The van der Waals surface area contributed by atoms with E-state index in [1.165, 1.54) is 17.2 Å². The molecule has 1 unspecified atom stereocenters. The van der Waals surface area contributed by atoms with Crippen LogP contribution in [0, 0.1) is 12.7 Å². The molecular formula is C18H21ClFN. The first kappa shape index (κ1) is 16.0. The Kier molecular flexibility index (Phi) is 5.77. The molecule has 2 rings (SSSR count). The molecule has 1 atom stereocenters. The minimum absolute atomic E-state index is 0.193. The third-order valence-corrected chi connectivity index (χ3v) is 3.98. The molecule has 0 saturated heterocycles. The predicted molar refractivity (Wildman–Crippen MR) is 87.5 cm³/mol. The fourth-order valence-electron chi connectivity index (χ4n) is 2.56. The van der Waals surface area contributed by atoms with Gasteiger partial charge < -0.3 is 5.32 Å². The first-order valence-electron chi connectivity index (χ1n) is 7.32. The van der Waals surface area contributed by atoms with Gasteiger partial charge in [0.2, 0.25) is 0 Å².